The molecule has 168 valence electrons. The number of carbonyl (C=O) groups is 1. The van der Waals surface area contributed by atoms with E-state index in [2.05, 4.69) is 15.4 Å². The van der Waals surface area contributed by atoms with Gasteiger partial charge in [0, 0.05) is 36.9 Å². The zero-order chi connectivity index (χ0) is 22.3. The summed E-state index contributed by atoms with van der Waals surface area (Å²) in [7, 11) is -3.61. The molecule has 2 aliphatic rings. The van der Waals surface area contributed by atoms with Gasteiger partial charge < -0.3 is 9.84 Å². The Hall–Kier alpha value is -2.53. The maximum atomic E-state index is 13.4. The van der Waals surface area contributed by atoms with Gasteiger partial charge in [-0.3, -0.25) is 9.69 Å². The second kappa shape index (κ2) is 8.43. The molecule has 4 heterocycles. The molecule has 2 fully saturated rings. The van der Waals surface area contributed by atoms with Crippen molar-refractivity contribution in [3.8, 4) is 10.6 Å². The lowest BCUT2D eigenvalue weighted by atomic mass is 10.2. The van der Waals surface area contributed by atoms with E-state index in [-0.39, 0.29) is 24.5 Å². The summed E-state index contributed by atoms with van der Waals surface area (Å²) < 4.78 is 33.7. The van der Waals surface area contributed by atoms with Crippen LogP contribution in [0.5, 0.6) is 0 Å². The van der Waals surface area contributed by atoms with Crippen molar-refractivity contribution in [2.45, 2.75) is 36.1 Å². The van der Waals surface area contributed by atoms with Gasteiger partial charge in [-0.25, -0.2) is 8.42 Å². The predicted molar refractivity (Wildman–Crippen MR) is 122 cm³/mol. The first kappa shape index (κ1) is 21.3. The molecule has 0 aliphatic carbocycles. The number of amides is 1. The number of fused-ring (bicyclic) bond motifs is 2. The molecule has 0 radical (unpaired) electrons. The Balaban J connectivity index is 1.27. The highest BCUT2D eigenvalue weighted by atomic mass is 32.2. The summed E-state index contributed by atoms with van der Waals surface area (Å²) in [5, 5.41) is 6.86. The molecule has 2 unspecified atom stereocenters. The number of aromatic nitrogens is 1. The average Bonchev–Trinajstić information content (AvgIpc) is 3.49. The number of benzene rings is 1. The van der Waals surface area contributed by atoms with Crippen molar-refractivity contribution in [1.82, 2.24) is 14.4 Å². The molecule has 2 bridgehead atoms. The summed E-state index contributed by atoms with van der Waals surface area (Å²) in [6, 6.07) is 12.6. The smallest absolute Gasteiger partial charge is 0.253 e. The minimum atomic E-state index is -3.61. The molecule has 8 nitrogen and oxygen atoms in total. The fraction of sp³-hybridized carbons (Fsp3) is 0.364. The average molecular weight is 473 g/mol. The molecule has 32 heavy (non-hydrogen) atoms. The van der Waals surface area contributed by atoms with Gasteiger partial charge >= 0.3 is 0 Å². The van der Waals surface area contributed by atoms with Crippen LogP contribution in [0.3, 0.4) is 0 Å². The summed E-state index contributed by atoms with van der Waals surface area (Å²) in [5.41, 5.74) is 2.45. The van der Waals surface area contributed by atoms with E-state index < -0.39 is 10.0 Å². The van der Waals surface area contributed by atoms with Gasteiger partial charge in [-0.15, -0.1) is 11.3 Å². The number of aryl methyl sites for hydroxylation is 1. The van der Waals surface area contributed by atoms with E-state index >= 15 is 0 Å². The summed E-state index contributed by atoms with van der Waals surface area (Å²) in [5.74, 6) is -0.0782. The molecule has 2 saturated heterocycles. The monoisotopic (exact) mass is 472 g/mol. The fourth-order valence-electron chi connectivity index (χ4n) is 4.62. The Labute approximate surface area is 190 Å². The number of thiophene rings is 1. The highest BCUT2D eigenvalue weighted by Gasteiger charge is 2.47. The van der Waals surface area contributed by atoms with E-state index in [1.807, 2.05) is 31.2 Å². The van der Waals surface area contributed by atoms with E-state index in [4.69, 9.17) is 4.52 Å². The second-order valence-corrected chi connectivity index (χ2v) is 11.4. The first-order valence-electron chi connectivity index (χ1n) is 10.5. The van der Waals surface area contributed by atoms with Gasteiger partial charge in [0.1, 0.15) is 16.2 Å². The number of carbonyl (C=O) groups excluding carboxylic acids is 1. The van der Waals surface area contributed by atoms with E-state index in [0.29, 0.717) is 23.0 Å². The molecule has 1 N–H and O–H groups in total. The lowest BCUT2D eigenvalue weighted by Gasteiger charge is -2.39. The van der Waals surface area contributed by atoms with Crippen LogP contribution in [0.1, 0.15) is 18.4 Å². The van der Waals surface area contributed by atoms with Crippen LogP contribution in [0.4, 0.5) is 5.69 Å². The summed E-state index contributed by atoms with van der Waals surface area (Å²) in [6.45, 7) is 3.32. The molecule has 10 heteroatoms. The van der Waals surface area contributed by atoms with Crippen molar-refractivity contribution >= 4 is 33.0 Å². The maximum absolute atomic E-state index is 13.4. The highest BCUT2D eigenvalue weighted by molar-refractivity contribution is 7.91. The highest BCUT2D eigenvalue weighted by Crippen LogP contribution is 2.38. The molecule has 2 aliphatic heterocycles. The van der Waals surface area contributed by atoms with Gasteiger partial charge in [0.25, 0.3) is 10.0 Å². The van der Waals surface area contributed by atoms with E-state index in [1.165, 1.54) is 17.6 Å². The first-order chi connectivity index (χ1) is 15.4. The lowest BCUT2D eigenvalue weighted by molar-refractivity contribution is -0.117. The van der Waals surface area contributed by atoms with E-state index in [0.717, 1.165) is 29.0 Å². The van der Waals surface area contributed by atoms with Crippen LogP contribution in [0.15, 0.2) is 57.5 Å². The lowest BCUT2D eigenvalue weighted by Crippen LogP contribution is -2.56. The Kier molecular flexibility index (Phi) is 5.62. The molecule has 2 aromatic heterocycles. The van der Waals surface area contributed by atoms with Crippen molar-refractivity contribution in [3.05, 3.63) is 54.3 Å². The Morgan fingerprint density at radius 3 is 2.59 bits per heavy atom. The second-order valence-electron chi connectivity index (χ2n) is 8.28. The number of hydrogen-bond acceptors (Lipinski definition) is 7. The number of para-hydroxylation sites is 1. The molecule has 3 aromatic rings. The van der Waals surface area contributed by atoms with Crippen LogP contribution in [0, 0.1) is 6.92 Å². The number of rotatable bonds is 6. The topological polar surface area (TPSA) is 95.8 Å². The molecule has 2 atom stereocenters. The standard InChI is InChI=1S/C22H24N4O4S2/c1-15-4-2-3-5-18(15)23-21(27)14-25-12-16-6-7-17(13-25)26(16)32(28,29)22-9-8-20(31-22)19-10-11-30-24-19/h2-5,8-11,16-17H,6-7,12-14H2,1H3,(H,23,27). The molecule has 0 spiro atoms. The third-order valence-corrected chi connectivity index (χ3v) is 9.66. The zero-order valence-electron chi connectivity index (χ0n) is 17.6. The predicted octanol–water partition coefficient (Wildman–Crippen LogP) is 3.19. The molecule has 1 aromatic carbocycles. The van der Waals surface area contributed by atoms with E-state index in [1.54, 1.807) is 22.5 Å². The van der Waals surface area contributed by atoms with Crippen LogP contribution < -0.4 is 5.32 Å². The largest absolute Gasteiger partial charge is 0.364 e. The van der Waals surface area contributed by atoms with Crippen molar-refractivity contribution in [2.75, 3.05) is 25.0 Å². The van der Waals surface area contributed by atoms with Crippen LogP contribution in [0.2, 0.25) is 0 Å². The first-order valence-corrected chi connectivity index (χ1v) is 12.8. The third-order valence-electron chi connectivity index (χ3n) is 6.08. The van der Waals surface area contributed by atoms with Crippen LogP contribution in [0.25, 0.3) is 10.6 Å². The minimum Gasteiger partial charge on any atom is -0.364 e. The molecule has 5 rings (SSSR count). The summed E-state index contributed by atoms with van der Waals surface area (Å²) >= 11 is 1.21. The molecular formula is C22H24N4O4S2. The minimum absolute atomic E-state index is 0.0782. The van der Waals surface area contributed by atoms with E-state index in [9.17, 15) is 13.2 Å². The number of piperazine rings is 1. The van der Waals surface area contributed by atoms with Gasteiger partial charge in [0.2, 0.25) is 5.91 Å². The number of nitrogens with one attached hydrogen (secondary N) is 1. The fourth-order valence-corrected chi connectivity index (χ4v) is 7.84. The van der Waals surface area contributed by atoms with Crippen LogP contribution in [-0.4, -0.2) is 60.4 Å². The maximum Gasteiger partial charge on any atom is 0.253 e. The summed E-state index contributed by atoms with van der Waals surface area (Å²) in [4.78, 5) is 15.4. The van der Waals surface area contributed by atoms with Crippen LogP contribution in [-0.2, 0) is 14.8 Å². The van der Waals surface area contributed by atoms with Crippen molar-refractivity contribution in [3.63, 3.8) is 0 Å². The Morgan fingerprint density at radius 1 is 1.16 bits per heavy atom. The number of sulfonamides is 1. The molecule has 0 saturated carbocycles. The molecule has 1 amide bonds. The van der Waals surface area contributed by atoms with Crippen molar-refractivity contribution in [1.29, 1.82) is 0 Å². The van der Waals surface area contributed by atoms with Gasteiger partial charge in [-0.2, -0.15) is 4.31 Å². The van der Waals surface area contributed by atoms with Gasteiger partial charge in [0.15, 0.2) is 0 Å². The Morgan fingerprint density at radius 2 is 1.91 bits per heavy atom. The molecular weight excluding hydrogens is 448 g/mol. The Bertz CT molecular complexity index is 1210. The zero-order valence-corrected chi connectivity index (χ0v) is 19.2. The van der Waals surface area contributed by atoms with Gasteiger partial charge in [0.05, 0.1) is 11.4 Å². The third kappa shape index (κ3) is 3.99. The number of hydrogen-bond donors (Lipinski definition) is 1. The van der Waals surface area contributed by atoms with Crippen LogP contribution >= 0.6 is 11.3 Å². The number of likely N-dealkylation sites (tertiary alicyclic amines) is 1. The summed E-state index contributed by atoms with van der Waals surface area (Å²) in [6.07, 6.45) is 3.08. The number of anilines is 1. The van der Waals surface area contributed by atoms with Gasteiger partial charge in [-0.05, 0) is 43.5 Å². The SMILES string of the molecule is Cc1ccccc1NC(=O)CN1CC2CCC(C1)N2S(=O)(=O)c1ccc(-c2ccon2)s1. The van der Waals surface area contributed by atoms with Crippen molar-refractivity contribution < 1.29 is 17.7 Å². The van der Waals surface area contributed by atoms with Gasteiger partial charge in [-0.1, -0.05) is 23.4 Å². The van der Waals surface area contributed by atoms with Crippen molar-refractivity contribution in [2.24, 2.45) is 0 Å². The normalized spacial score (nSPS) is 21.7. The quantitative estimate of drug-likeness (QED) is 0.592. The number of nitrogens with zero attached hydrogens (tertiary/aromatic N) is 3.